The van der Waals surface area contributed by atoms with Crippen LogP contribution in [0.15, 0.2) is 18.5 Å². The van der Waals surface area contributed by atoms with Gasteiger partial charge in [-0.3, -0.25) is 0 Å². The zero-order chi connectivity index (χ0) is 18.7. The molecule has 0 spiro atoms. The SMILES string of the molecule is COC(=O)c1c(O)cc(O)c(Cl)c1CCc1nccn1C1CCCCC1. The first kappa shape index (κ1) is 18.6. The van der Waals surface area contributed by atoms with Gasteiger partial charge in [-0.1, -0.05) is 30.9 Å². The highest BCUT2D eigenvalue weighted by Gasteiger charge is 2.24. The Balaban J connectivity index is 1.87. The Bertz CT molecular complexity index is 797. The largest absolute Gasteiger partial charge is 0.507 e. The maximum absolute atomic E-state index is 12.1. The minimum absolute atomic E-state index is 0.00827. The number of aromatic hydroxyl groups is 2. The normalized spacial score (nSPS) is 15.2. The molecule has 1 fully saturated rings. The monoisotopic (exact) mass is 378 g/mol. The lowest BCUT2D eigenvalue weighted by atomic mass is 9.95. The third-order valence-corrected chi connectivity index (χ3v) is 5.45. The molecule has 1 aliphatic rings. The van der Waals surface area contributed by atoms with E-state index in [4.69, 9.17) is 16.3 Å². The number of ether oxygens (including phenoxy) is 1. The lowest BCUT2D eigenvalue weighted by molar-refractivity contribution is 0.0596. The van der Waals surface area contributed by atoms with Gasteiger partial charge < -0.3 is 19.5 Å². The second-order valence-electron chi connectivity index (χ2n) is 6.62. The fraction of sp³-hybridized carbons (Fsp3) is 0.474. The molecule has 26 heavy (non-hydrogen) atoms. The summed E-state index contributed by atoms with van der Waals surface area (Å²) in [5, 5.41) is 20.0. The Morgan fingerprint density at radius 3 is 2.69 bits per heavy atom. The van der Waals surface area contributed by atoms with Crippen molar-refractivity contribution in [2.45, 2.75) is 51.0 Å². The van der Waals surface area contributed by atoms with E-state index in [0.29, 0.717) is 24.4 Å². The van der Waals surface area contributed by atoms with Crippen LogP contribution in [0.25, 0.3) is 0 Å². The van der Waals surface area contributed by atoms with Crippen LogP contribution in [0.2, 0.25) is 5.02 Å². The van der Waals surface area contributed by atoms with Crippen molar-refractivity contribution >= 4 is 17.6 Å². The number of halogens is 1. The molecule has 0 atom stereocenters. The predicted molar refractivity (Wildman–Crippen MR) is 97.9 cm³/mol. The van der Waals surface area contributed by atoms with Crippen LogP contribution in [0.4, 0.5) is 0 Å². The van der Waals surface area contributed by atoms with Crippen LogP contribution in [0.5, 0.6) is 11.5 Å². The molecular formula is C19H23ClN2O4. The number of benzene rings is 1. The molecule has 6 nitrogen and oxygen atoms in total. The summed E-state index contributed by atoms with van der Waals surface area (Å²) in [4.78, 5) is 16.5. The second-order valence-corrected chi connectivity index (χ2v) is 6.99. The number of aryl methyl sites for hydroxylation is 1. The number of carbonyl (C=O) groups is 1. The van der Waals surface area contributed by atoms with Gasteiger partial charge in [-0.25, -0.2) is 9.78 Å². The predicted octanol–water partition coefficient (Wildman–Crippen LogP) is 4.02. The number of esters is 1. The highest BCUT2D eigenvalue weighted by molar-refractivity contribution is 6.33. The Labute approximate surface area is 157 Å². The van der Waals surface area contributed by atoms with Crippen molar-refractivity contribution in [2.24, 2.45) is 0 Å². The standard InChI is InChI=1S/C19H23ClN2O4/c1-26-19(25)17-13(18(20)15(24)11-14(17)23)7-8-16-21-9-10-22(16)12-5-3-2-4-6-12/h9-12,23-24H,2-8H2,1H3. The van der Waals surface area contributed by atoms with Crippen LogP contribution in [0.3, 0.4) is 0 Å². The summed E-state index contributed by atoms with van der Waals surface area (Å²) in [5.74, 6) is -0.381. The number of hydrogen-bond donors (Lipinski definition) is 2. The van der Waals surface area contributed by atoms with Crippen LogP contribution >= 0.6 is 11.6 Å². The van der Waals surface area contributed by atoms with Gasteiger partial charge >= 0.3 is 5.97 Å². The van der Waals surface area contributed by atoms with Gasteiger partial charge in [-0.15, -0.1) is 0 Å². The van der Waals surface area contributed by atoms with E-state index in [9.17, 15) is 15.0 Å². The molecule has 0 aliphatic heterocycles. The highest BCUT2D eigenvalue weighted by Crippen LogP contribution is 2.37. The van der Waals surface area contributed by atoms with Crippen LogP contribution in [-0.4, -0.2) is 32.8 Å². The fourth-order valence-electron chi connectivity index (χ4n) is 3.71. The minimum atomic E-state index is -0.685. The molecule has 2 N–H and O–H groups in total. The number of carbonyl (C=O) groups excluding carboxylic acids is 1. The summed E-state index contributed by atoms with van der Waals surface area (Å²) < 4.78 is 6.95. The Morgan fingerprint density at radius 1 is 1.27 bits per heavy atom. The van der Waals surface area contributed by atoms with Gasteiger partial charge in [-0.2, -0.15) is 0 Å². The third kappa shape index (κ3) is 3.65. The van der Waals surface area contributed by atoms with Crippen molar-refractivity contribution in [1.82, 2.24) is 9.55 Å². The summed E-state index contributed by atoms with van der Waals surface area (Å²) in [6.07, 6.45) is 10.7. The van der Waals surface area contributed by atoms with Crippen molar-refractivity contribution in [2.75, 3.05) is 7.11 Å². The van der Waals surface area contributed by atoms with E-state index in [2.05, 4.69) is 9.55 Å². The molecule has 0 bridgehead atoms. The molecule has 1 aromatic carbocycles. The Hall–Kier alpha value is -2.21. The first-order chi connectivity index (χ1) is 12.5. The Kier molecular flexibility index (Phi) is 5.71. The molecular weight excluding hydrogens is 356 g/mol. The van der Waals surface area contributed by atoms with Gasteiger partial charge in [0, 0.05) is 30.9 Å². The van der Waals surface area contributed by atoms with Gasteiger partial charge in [-0.05, 0) is 24.8 Å². The summed E-state index contributed by atoms with van der Waals surface area (Å²) >= 11 is 6.20. The zero-order valence-electron chi connectivity index (χ0n) is 14.7. The van der Waals surface area contributed by atoms with E-state index in [1.165, 1.54) is 26.4 Å². The summed E-state index contributed by atoms with van der Waals surface area (Å²) in [6, 6.07) is 1.51. The number of imidazole rings is 1. The lowest BCUT2D eigenvalue weighted by Gasteiger charge is -2.24. The van der Waals surface area contributed by atoms with Gasteiger partial charge in [0.1, 0.15) is 22.9 Å². The number of aromatic nitrogens is 2. The molecule has 1 heterocycles. The molecule has 140 valence electrons. The number of rotatable bonds is 5. The molecule has 1 saturated carbocycles. The lowest BCUT2D eigenvalue weighted by Crippen LogP contribution is -2.16. The van der Waals surface area contributed by atoms with Crippen molar-refractivity contribution in [3.8, 4) is 11.5 Å². The van der Waals surface area contributed by atoms with Crippen LogP contribution in [-0.2, 0) is 17.6 Å². The Morgan fingerprint density at radius 2 is 2.00 bits per heavy atom. The van der Waals surface area contributed by atoms with Crippen molar-refractivity contribution in [3.63, 3.8) is 0 Å². The topological polar surface area (TPSA) is 84.6 Å². The molecule has 0 unspecified atom stereocenters. The number of hydrogen-bond acceptors (Lipinski definition) is 5. The quantitative estimate of drug-likeness (QED) is 0.767. The molecule has 0 radical (unpaired) electrons. The average Bonchev–Trinajstić information content (AvgIpc) is 3.12. The first-order valence-corrected chi connectivity index (χ1v) is 9.24. The van der Waals surface area contributed by atoms with Crippen LogP contribution in [0.1, 0.15) is 59.9 Å². The van der Waals surface area contributed by atoms with Gasteiger partial charge in [0.15, 0.2) is 0 Å². The zero-order valence-corrected chi connectivity index (χ0v) is 15.5. The summed E-state index contributed by atoms with van der Waals surface area (Å²) in [5.41, 5.74) is 0.361. The van der Waals surface area contributed by atoms with E-state index >= 15 is 0 Å². The van der Waals surface area contributed by atoms with Crippen molar-refractivity contribution in [1.29, 1.82) is 0 Å². The van der Waals surface area contributed by atoms with Crippen LogP contribution < -0.4 is 0 Å². The van der Waals surface area contributed by atoms with Gasteiger partial charge in [0.25, 0.3) is 0 Å². The van der Waals surface area contributed by atoms with Crippen molar-refractivity contribution < 1.29 is 19.7 Å². The fourth-order valence-corrected chi connectivity index (χ4v) is 3.96. The highest BCUT2D eigenvalue weighted by atomic mass is 35.5. The maximum atomic E-state index is 12.1. The summed E-state index contributed by atoms with van der Waals surface area (Å²) in [6.45, 7) is 0. The van der Waals surface area contributed by atoms with Crippen LogP contribution in [0, 0.1) is 0 Å². The van der Waals surface area contributed by atoms with Gasteiger partial charge in [0.05, 0.1) is 12.1 Å². The number of methoxy groups -OCH3 is 1. The van der Waals surface area contributed by atoms with E-state index in [-0.39, 0.29) is 22.1 Å². The minimum Gasteiger partial charge on any atom is -0.507 e. The molecule has 3 rings (SSSR count). The van der Waals surface area contributed by atoms with E-state index < -0.39 is 5.97 Å². The maximum Gasteiger partial charge on any atom is 0.341 e. The van der Waals surface area contributed by atoms with Crippen molar-refractivity contribution in [3.05, 3.63) is 40.4 Å². The number of nitrogens with zero attached hydrogens (tertiary/aromatic N) is 2. The molecule has 0 amide bonds. The average molecular weight is 379 g/mol. The third-order valence-electron chi connectivity index (χ3n) is 5.03. The number of phenolic OH excluding ortho intramolecular Hbond substituents is 2. The molecule has 7 heteroatoms. The first-order valence-electron chi connectivity index (χ1n) is 8.86. The van der Waals surface area contributed by atoms with E-state index in [0.717, 1.165) is 24.7 Å². The summed E-state index contributed by atoms with van der Waals surface area (Å²) in [7, 11) is 1.24. The second kappa shape index (κ2) is 7.99. The van der Waals surface area contributed by atoms with E-state index in [1.807, 2.05) is 6.20 Å². The van der Waals surface area contributed by atoms with E-state index in [1.54, 1.807) is 6.20 Å². The number of phenols is 2. The molecule has 2 aromatic rings. The molecule has 0 saturated heterocycles. The molecule has 1 aromatic heterocycles. The smallest absolute Gasteiger partial charge is 0.341 e. The molecule has 1 aliphatic carbocycles. The van der Waals surface area contributed by atoms with Gasteiger partial charge in [0.2, 0.25) is 0 Å².